The zero-order valence-corrected chi connectivity index (χ0v) is 13.3. The van der Waals surface area contributed by atoms with Crippen LogP contribution in [0.3, 0.4) is 0 Å². The monoisotopic (exact) mass is 279 g/mol. The van der Waals surface area contributed by atoms with Crippen LogP contribution < -0.4 is 5.32 Å². The summed E-state index contributed by atoms with van der Waals surface area (Å²) in [4.78, 5) is 0. The molecule has 1 saturated carbocycles. The van der Waals surface area contributed by atoms with Crippen LogP contribution >= 0.6 is 0 Å². The minimum atomic E-state index is 0.185. The molecule has 1 nitrogen and oxygen atoms in total. The molecule has 0 heterocycles. The van der Waals surface area contributed by atoms with Crippen molar-refractivity contribution >= 4 is 0 Å². The Kier molecular flexibility index (Phi) is 3.62. The molecule has 0 saturated heterocycles. The Labute approximate surface area is 128 Å². The summed E-state index contributed by atoms with van der Waals surface area (Å²) in [5.74, 6) is 0. The van der Waals surface area contributed by atoms with Gasteiger partial charge in [-0.15, -0.1) is 0 Å². The first kappa shape index (κ1) is 14.3. The Morgan fingerprint density at radius 3 is 1.62 bits per heavy atom. The van der Waals surface area contributed by atoms with Gasteiger partial charge in [-0.1, -0.05) is 60.7 Å². The van der Waals surface area contributed by atoms with E-state index >= 15 is 0 Å². The molecule has 0 aliphatic heterocycles. The molecule has 0 aromatic heterocycles. The van der Waals surface area contributed by atoms with Crippen LogP contribution in [0, 0.1) is 0 Å². The van der Waals surface area contributed by atoms with E-state index in [1.54, 1.807) is 0 Å². The highest BCUT2D eigenvalue weighted by atomic mass is 15.0. The van der Waals surface area contributed by atoms with E-state index in [9.17, 15) is 0 Å². The van der Waals surface area contributed by atoms with Crippen molar-refractivity contribution in [1.82, 2.24) is 5.32 Å². The fraction of sp³-hybridized carbons (Fsp3) is 0.400. The first-order chi connectivity index (χ1) is 10.00. The first-order valence-electron chi connectivity index (χ1n) is 7.88. The SMILES string of the molecule is CC(C)(C)NC1CC(c2ccccc2)(c2ccccc2)C1. The van der Waals surface area contributed by atoms with Crippen LogP contribution in [0.2, 0.25) is 0 Å². The molecule has 1 N–H and O–H groups in total. The van der Waals surface area contributed by atoms with Gasteiger partial charge in [0.05, 0.1) is 0 Å². The number of hydrogen-bond donors (Lipinski definition) is 1. The van der Waals surface area contributed by atoms with E-state index in [2.05, 4.69) is 86.8 Å². The second-order valence-electron chi connectivity index (χ2n) is 7.31. The van der Waals surface area contributed by atoms with Crippen LogP contribution in [-0.2, 0) is 5.41 Å². The summed E-state index contributed by atoms with van der Waals surface area (Å²) in [5, 5.41) is 3.75. The summed E-state index contributed by atoms with van der Waals surface area (Å²) in [6.07, 6.45) is 2.36. The maximum Gasteiger partial charge on any atom is 0.0232 e. The van der Waals surface area contributed by atoms with Crippen molar-refractivity contribution in [3.05, 3.63) is 71.8 Å². The summed E-state index contributed by atoms with van der Waals surface area (Å²) in [6, 6.07) is 22.5. The molecule has 0 radical (unpaired) electrons. The van der Waals surface area contributed by atoms with Gasteiger partial charge in [0, 0.05) is 17.0 Å². The molecule has 2 aromatic carbocycles. The second kappa shape index (κ2) is 5.31. The molecule has 21 heavy (non-hydrogen) atoms. The van der Waals surface area contributed by atoms with Crippen molar-refractivity contribution in [2.24, 2.45) is 0 Å². The predicted octanol–water partition coefficient (Wildman–Crippen LogP) is 4.52. The highest BCUT2D eigenvalue weighted by molar-refractivity contribution is 5.43. The first-order valence-corrected chi connectivity index (χ1v) is 7.88. The van der Waals surface area contributed by atoms with Gasteiger partial charge < -0.3 is 5.32 Å². The maximum atomic E-state index is 3.75. The average molecular weight is 279 g/mol. The molecule has 0 spiro atoms. The van der Waals surface area contributed by atoms with Crippen molar-refractivity contribution in [3.63, 3.8) is 0 Å². The molecule has 0 unspecified atom stereocenters. The van der Waals surface area contributed by atoms with Gasteiger partial charge in [-0.3, -0.25) is 0 Å². The zero-order valence-electron chi connectivity index (χ0n) is 13.3. The van der Waals surface area contributed by atoms with E-state index in [0.29, 0.717) is 6.04 Å². The predicted molar refractivity (Wildman–Crippen MR) is 89.6 cm³/mol. The smallest absolute Gasteiger partial charge is 0.0232 e. The molecule has 2 aromatic rings. The summed E-state index contributed by atoms with van der Waals surface area (Å²) in [5.41, 5.74) is 3.27. The lowest BCUT2D eigenvalue weighted by atomic mass is 9.58. The Hall–Kier alpha value is -1.60. The molecule has 0 atom stereocenters. The number of rotatable bonds is 3. The third-order valence-electron chi connectivity index (χ3n) is 4.48. The van der Waals surface area contributed by atoms with E-state index in [1.807, 2.05) is 0 Å². The standard InChI is InChI=1S/C20H25N/c1-19(2,3)21-18-14-20(15-18,16-10-6-4-7-11-16)17-12-8-5-9-13-17/h4-13,18,21H,14-15H2,1-3H3. The van der Waals surface area contributed by atoms with Gasteiger partial charge in [-0.2, -0.15) is 0 Å². The van der Waals surface area contributed by atoms with Gasteiger partial charge >= 0.3 is 0 Å². The van der Waals surface area contributed by atoms with Gasteiger partial charge in [0.1, 0.15) is 0 Å². The summed E-state index contributed by atoms with van der Waals surface area (Å²) >= 11 is 0. The fourth-order valence-electron chi connectivity index (χ4n) is 3.65. The van der Waals surface area contributed by atoms with Crippen LogP contribution in [0.4, 0.5) is 0 Å². The Morgan fingerprint density at radius 1 is 0.810 bits per heavy atom. The Bertz CT molecular complexity index is 533. The number of hydrogen-bond acceptors (Lipinski definition) is 1. The van der Waals surface area contributed by atoms with Crippen LogP contribution in [-0.4, -0.2) is 11.6 Å². The number of nitrogens with one attached hydrogen (secondary N) is 1. The summed E-state index contributed by atoms with van der Waals surface area (Å²) in [7, 11) is 0. The molecule has 1 aliphatic rings. The third kappa shape index (κ3) is 2.89. The van der Waals surface area contributed by atoms with Crippen molar-refractivity contribution in [2.45, 2.75) is 50.6 Å². The van der Waals surface area contributed by atoms with E-state index in [4.69, 9.17) is 0 Å². The Morgan fingerprint density at radius 2 is 1.24 bits per heavy atom. The van der Waals surface area contributed by atoms with Crippen molar-refractivity contribution in [2.75, 3.05) is 0 Å². The molecule has 110 valence electrons. The zero-order chi connectivity index (χ0) is 14.9. The molecule has 1 heteroatoms. The van der Waals surface area contributed by atoms with Crippen LogP contribution in [0.15, 0.2) is 60.7 Å². The lowest BCUT2D eigenvalue weighted by Gasteiger charge is -2.51. The molecule has 1 fully saturated rings. The summed E-state index contributed by atoms with van der Waals surface area (Å²) < 4.78 is 0. The van der Waals surface area contributed by atoms with E-state index in [0.717, 1.165) is 0 Å². The average Bonchev–Trinajstić information content (AvgIpc) is 2.43. The molecule has 3 rings (SSSR count). The molecular formula is C20H25N. The van der Waals surface area contributed by atoms with Crippen molar-refractivity contribution in [1.29, 1.82) is 0 Å². The molecule has 0 bridgehead atoms. The topological polar surface area (TPSA) is 12.0 Å². The highest BCUT2D eigenvalue weighted by Crippen LogP contribution is 2.49. The lowest BCUT2D eigenvalue weighted by molar-refractivity contribution is 0.176. The largest absolute Gasteiger partial charge is 0.309 e. The van der Waals surface area contributed by atoms with Crippen LogP contribution in [0.5, 0.6) is 0 Å². The van der Waals surface area contributed by atoms with Gasteiger partial charge in [-0.25, -0.2) is 0 Å². The van der Waals surface area contributed by atoms with Gasteiger partial charge in [0.15, 0.2) is 0 Å². The minimum absolute atomic E-state index is 0.185. The van der Waals surface area contributed by atoms with Gasteiger partial charge in [-0.05, 0) is 44.7 Å². The van der Waals surface area contributed by atoms with Crippen molar-refractivity contribution in [3.8, 4) is 0 Å². The van der Waals surface area contributed by atoms with E-state index < -0.39 is 0 Å². The molecule has 0 amide bonds. The lowest BCUT2D eigenvalue weighted by Crippen LogP contribution is -2.56. The maximum absolute atomic E-state index is 3.75. The Balaban J connectivity index is 1.90. The van der Waals surface area contributed by atoms with Gasteiger partial charge in [0.2, 0.25) is 0 Å². The highest BCUT2D eigenvalue weighted by Gasteiger charge is 2.47. The van der Waals surface area contributed by atoms with Crippen LogP contribution in [0.25, 0.3) is 0 Å². The molecular weight excluding hydrogens is 254 g/mol. The summed E-state index contributed by atoms with van der Waals surface area (Å²) in [6.45, 7) is 6.74. The van der Waals surface area contributed by atoms with Gasteiger partial charge in [0.25, 0.3) is 0 Å². The quantitative estimate of drug-likeness (QED) is 0.871. The van der Waals surface area contributed by atoms with E-state index in [-0.39, 0.29) is 11.0 Å². The van der Waals surface area contributed by atoms with Crippen molar-refractivity contribution < 1.29 is 0 Å². The fourth-order valence-corrected chi connectivity index (χ4v) is 3.65. The minimum Gasteiger partial charge on any atom is -0.309 e. The second-order valence-corrected chi connectivity index (χ2v) is 7.31. The van der Waals surface area contributed by atoms with E-state index in [1.165, 1.54) is 24.0 Å². The van der Waals surface area contributed by atoms with Crippen LogP contribution in [0.1, 0.15) is 44.7 Å². The molecule has 1 aliphatic carbocycles. The normalized spacial score (nSPS) is 18.2. The number of benzene rings is 2. The third-order valence-corrected chi connectivity index (χ3v) is 4.48.